The lowest BCUT2D eigenvalue weighted by molar-refractivity contribution is -0.128. The Kier molecular flexibility index (Phi) is 7.26. The molecule has 0 aliphatic heterocycles. The van der Waals surface area contributed by atoms with E-state index in [0.717, 1.165) is 29.7 Å². The minimum Gasteiger partial charge on any atom is -0.480 e. The molecule has 3 nitrogen and oxygen atoms in total. The van der Waals surface area contributed by atoms with Crippen molar-refractivity contribution in [2.75, 3.05) is 0 Å². The zero-order valence-corrected chi connectivity index (χ0v) is 16.7. The van der Waals surface area contributed by atoms with Gasteiger partial charge in [0.05, 0.1) is 0 Å². The predicted octanol–water partition coefficient (Wildman–Crippen LogP) is 4.90. The number of hydrogen-bond acceptors (Lipinski definition) is 2. The van der Waals surface area contributed by atoms with Gasteiger partial charge in [-0.1, -0.05) is 51.1 Å². The molecule has 140 valence electrons. The Balaban J connectivity index is 2.06. The zero-order valence-electron chi connectivity index (χ0n) is 16.7. The van der Waals surface area contributed by atoms with E-state index in [4.69, 9.17) is 4.74 Å². The number of aryl methyl sites for hydroxylation is 4. The molecular weight excluding hydrogens is 322 g/mol. The summed E-state index contributed by atoms with van der Waals surface area (Å²) in [7, 11) is 0. The molecule has 1 N–H and O–H groups in total. The van der Waals surface area contributed by atoms with Crippen molar-refractivity contribution in [3.63, 3.8) is 0 Å². The van der Waals surface area contributed by atoms with E-state index in [1.165, 1.54) is 16.7 Å². The van der Waals surface area contributed by atoms with Crippen molar-refractivity contribution in [1.29, 1.82) is 0 Å². The van der Waals surface area contributed by atoms with Crippen LogP contribution in [0.1, 0.15) is 55.0 Å². The first-order valence-electron chi connectivity index (χ1n) is 9.60. The van der Waals surface area contributed by atoms with E-state index in [2.05, 4.69) is 43.4 Å². The number of nitrogens with one attached hydrogen (secondary N) is 1. The summed E-state index contributed by atoms with van der Waals surface area (Å²) in [4.78, 5) is 12.7. The summed E-state index contributed by atoms with van der Waals surface area (Å²) in [5.74, 6) is 0.728. The number of carbonyl (C=O) groups excluding carboxylic acids is 1. The van der Waals surface area contributed by atoms with E-state index < -0.39 is 6.10 Å². The third kappa shape index (κ3) is 5.10. The van der Waals surface area contributed by atoms with E-state index in [-0.39, 0.29) is 5.91 Å². The molecule has 26 heavy (non-hydrogen) atoms. The Morgan fingerprint density at radius 3 is 2.42 bits per heavy atom. The standard InChI is InChI=1S/C23H31NO2/c1-6-18-11-12-19(7-2)20(14-18)15-24-23(25)21(8-3)26-22-13-16(4)9-10-17(22)5/h9-14,21H,6-8,15H2,1-5H3,(H,24,25)/t21-/m1/s1. The molecule has 0 unspecified atom stereocenters. The van der Waals surface area contributed by atoms with Gasteiger partial charge in [0.25, 0.3) is 5.91 Å². The number of benzene rings is 2. The molecule has 0 heterocycles. The van der Waals surface area contributed by atoms with Gasteiger partial charge in [0, 0.05) is 6.54 Å². The quantitative estimate of drug-likeness (QED) is 0.733. The molecule has 0 fully saturated rings. The average molecular weight is 354 g/mol. The van der Waals surface area contributed by atoms with E-state index in [1.807, 2.05) is 32.9 Å². The first-order valence-corrected chi connectivity index (χ1v) is 9.60. The summed E-state index contributed by atoms with van der Waals surface area (Å²) in [6, 6.07) is 12.6. The number of amides is 1. The maximum atomic E-state index is 12.7. The van der Waals surface area contributed by atoms with E-state index >= 15 is 0 Å². The first kappa shape index (κ1) is 20.0. The van der Waals surface area contributed by atoms with Gasteiger partial charge in [-0.2, -0.15) is 0 Å². The van der Waals surface area contributed by atoms with Gasteiger partial charge in [0.1, 0.15) is 5.75 Å². The second-order valence-electron chi connectivity index (χ2n) is 6.81. The predicted molar refractivity (Wildman–Crippen MR) is 108 cm³/mol. The lowest BCUT2D eigenvalue weighted by atomic mass is 10.0. The van der Waals surface area contributed by atoms with E-state index in [9.17, 15) is 4.79 Å². The fourth-order valence-corrected chi connectivity index (χ4v) is 3.01. The minimum absolute atomic E-state index is 0.0580. The zero-order chi connectivity index (χ0) is 19.1. The normalized spacial score (nSPS) is 11.9. The van der Waals surface area contributed by atoms with Gasteiger partial charge in [-0.05, 0) is 67.0 Å². The monoisotopic (exact) mass is 353 g/mol. The first-order chi connectivity index (χ1) is 12.5. The van der Waals surface area contributed by atoms with Crippen molar-refractivity contribution >= 4 is 5.91 Å². The van der Waals surface area contributed by atoms with Crippen LogP contribution in [0.3, 0.4) is 0 Å². The highest BCUT2D eigenvalue weighted by atomic mass is 16.5. The van der Waals surface area contributed by atoms with Gasteiger partial charge in [0.15, 0.2) is 6.10 Å². The van der Waals surface area contributed by atoms with Crippen LogP contribution in [0.2, 0.25) is 0 Å². The Hall–Kier alpha value is -2.29. The summed E-state index contributed by atoms with van der Waals surface area (Å²) in [5.41, 5.74) is 5.95. The molecule has 0 saturated heterocycles. The third-order valence-corrected chi connectivity index (χ3v) is 4.79. The minimum atomic E-state index is -0.477. The van der Waals surface area contributed by atoms with Crippen LogP contribution in [-0.2, 0) is 24.2 Å². The fraction of sp³-hybridized carbons (Fsp3) is 0.435. The Morgan fingerprint density at radius 2 is 1.77 bits per heavy atom. The highest BCUT2D eigenvalue weighted by molar-refractivity contribution is 5.81. The lowest BCUT2D eigenvalue weighted by Gasteiger charge is -2.19. The number of hydrogen-bond donors (Lipinski definition) is 1. The van der Waals surface area contributed by atoms with Gasteiger partial charge in [-0.25, -0.2) is 0 Å². The van der Waals surface area contributed by atoms with Crippen LogP contribution in [0.25, 0.3) is 0 Å². The van der Waals surface area contributed by atoms with Crippen molar-refractivity contribution in [3.8, 4) is 5.75 Å². The van der Waals surface area contributed by atoms with Crippen LogP contribution in [-0.4, -0.2) is 12.0 Å². The molecule has 0 saturated carbocycles. The van der Waals surface area contributed by atoms with E-state index in [1.54, 1.807) is 0 Å². The summed E-state index contributed by atoms with van der Waals surface area (Å²) in [6.45, 7) is 10.8. The Morgan fingerprint density at radius 1 is 1.00 bits per heavy atom. The second kappa shape index (κ2) is 9.42. The van der Waals surface area contributed by atoms with Gasteiger partial charge >= 0.3 is 0 Å². The van der Waals surface area contributed by atoms with Gasteiger partial charge in [0.2, 0.25) is 0 Å². The van der Waals surface area contributed by atoms with Crippen molar-refractivity contribution < 1.29 is 9.53 Å². The number of rotatable bonds is 8. The summed E-state index contributed by atoms with van der Waals surface area (Å²) in [5, 5.41) is 3.07. The van der Waals surface area contributed by atoms with Crippen LogP contribution in [0.5, 0.6) is 5.75 Å². The maximum absolute atomic E-state index is 12.7. The molecule has 2 aromatic carbocycles. The maximum Gasteiger partial charge on any atom is 0.261 e. The van der Waals surface area contributed by atoms with Gasteiger partial charge in [-0.15, -0.1) is 0 Å². The average Bonchev–Trinajstić information content (AvgIpc) is 2.66. The fourth-order valence-electron chi connectivity index (χ4n) is 3.01. The summed E-state index contributed by atoms with van der Waals surface area (Å²) < 4.78 is 6.01. The van der Waals surface area contributed by atoms with Crippen LogP contribution in [0.4, 0.5) is 0 Å². The van der Waals surface area contributed by atoms with Crippen LogP contribution in [0.15, 0.2) is 36.4 Å². The molecule has 1 amide bonds. The van der Waals surface area contributed by atoms with Crippen LogP contribution < -0.4 is 10.1 Å². The summed E-state index contributed by atoms with van der Waals surface area (Å²) >= 11 is 0. The SMILES string of the molecule is CCc1ccc(CC)c(CNC(=O)[C@@H](CC)Oc2cc(C)ccc2C)c1. The molecule has 0 aliphatic carbocycles. The lowest BCUT2D eigenvalue weighted by Crippen LogP contribution is -2.38. The molecule has 0 aliphatic rings. The van der Waals surface area contributed by atoms with Crippen LogP contribution >= 0.6 is 0 Å². The largest absolute Gasteiger partial charge is 0.480 e. The second-order valence-corrected chi connectivity index (χ2v) is 6.81. The molecule has 0 bridgehead atoms. The van der Waals surface area contributed by atoms with Gasteiger partial charge < -0.3 is 10.1 Å². The molecule has 2 rings (SSSR count). The van der Waals surface area contributed by atoms with Crippen molar-refractivity contribution in [2.24, 2.45) is 0 Å². The highest BCUT2D eigenvalue weighted by Crippen LogP contribution is 2.21. The van der Waals surface area contributed by atoms with E-state index in [0.29, 0.717) is 13.0 Å². The van der Waals surface area contributed by atoms with Crippen molar-refractivity contribution in [1.82, 2.24) is 5.32 Å². The van der Waals surface area contributed by atoms with Crippen molar-refractivity contribution in [2.45, 2.75) is 66.5 Å². The molecule has 0 radical (unpaired) electrons. The van der Waals surface area contributed by atoms with Gasteiger partial charge in [-0.3, -0.25) is 4.79 Å². The summed E-state index contributed by atoms with van der Waals surface area (Å²) in [6.07, 6.45) is 2.12. The Labute approximate surface area is 157 Å². The molecule has 1 atom stereocenters. The smallest absolute Gasteiger partial charge is 0.261 e. The number of ether oxygens (including phenoxy) is 1. The molecule has 0 aromatic heterocycles. The molecular formula is C23H31NO2. The molecule has 3 heteroatoms. The third-order valence-electron chi connectivity index (χ3n) is 4.79. The highest BCUT2D eigenvalue weighted by Gasteiger charge is 2.19. The van der Waals surface area contributed by atoms with Crippen LogP contribution in [0, 0.1) is 13.8 Å². The van der Waals surface area contributed by atoms with Crippen molar-refractivity contribution in [3.05, 3.63) is 64.2 Å². The number of carbonyl (C=O) groups is 1. The topological polar surface area (TPSA) is 38.3 Å². The molecule has 2 aromatic rings. The molecule has 0 spiro atoms. The Bertz CT molecular complexity index is 752.